The first-order valence-electron chi connectivity index (χ1n) is 8.71. The lowest BCUT2D eigenvalue weighted by Crippen LogP contribution is -2.54. The van der Waals surface area contributed by atoms with Crippen molar-refractivity contribution in [2.24, 2.45) is 11.7 Å². The Balaban J connectivity index is 1.90. The molecule has 0 aromatic heterocycles. The maximum absolute atomic E-state index is 12.6. The molecule has 2 rings (SSSR count). The summed E-state index contributed by atoms with van der Waals surface area (Å²) in [4.78, 5) is 12.6. The van der Waals surface area contributed by atoms with Gasteiger partial charge in [0.25, 0.3) is 0 Å². The Kier molecular flexibility index (Phi) is 6.01. The highest BCUT2D eigenvalue weighted by Gasteiger charge is 2.32. The van der Waals surface area contributed by atoms with E-state index in [2.05, 4.69) is 49.5 Å². The molecule has 0 radical (unpaired) electrons. The summed E-state index contributed by atoms with van der Waals surface area (Å²) in [6.07, 6.45) is 5.97. The molecule has 0 heterocycles. The average Bonchev–Trinajstić information content (AvgIpc) is 2.60. The molecule has 1 aliphatic carbocycles. The van der Waals surface area contributed by atoms with Gasteiger partial charge in [0.1, 0.15) is 0 Å². The summed E-state index contributed by atoms with van der Waals surface area (Å²) >= 11 is 0. The van der Waals surface area contributed by atoms with Crippen molar-refractivity contribution < 1.29 is 4.79 Å². The van der Waals surface area contributed by atoms with Gasteiger partial charge in [-0.2, -0.15) is 0 Å². The minimum Gasteiger partial charge on any atom is -0.349 e. The van der Waals surface area contributed by atoms with Crippen LogP contribution in [0.5, 0.6) is 0 Å². The Hall–Kier alpha value is -1.35. The fraction of sp³-hybridized carbons (Fsp3) is 0.632. The molecule has 1 saturated carbocycles. The van der Waals surface area contributed by atoms with Crippen LogP contribution < -0.4 is 11.1 Å². The monoisotopic (exact) mass is 302 g/mol. The van der Waals surface area contributed by atoms with Crippen LogP contribution in [-0.4, -0.2) is 18.0 Å². The van der Waals surface area contributed by atoms with Crippen molar-refractivity contribution in [1.82, 2.24) is 5.32 Å². The predicted octanol–water partition coefficient (Wildman–Crippen LogP) is 3.59. The number of benzene rings is 1. The molecular formula is C19H30N2O. The third-order valence-corrected chi connectivity index (χ3v) is 5.50. The van der Waals surface area contributed by atoms with Crippen molar-refractivity contribution in [3.05, 3.63) is 35.9 Å². The molecule has 1 amide bonds. The number of carbonyl (C=O) groups excluding carboxylic acids is 1. The van der Waals surface area contributed by atoms with Crippen LogP contribution >= 0.6 is 0 Å². The predicted molar refractivity (Wildman–Crippen MR) is 91.7 cm³/mol. The minimum atomic E-state index is -0.215. The number of carbonyl (C=O) groups is 1. The molecule has 1 aromatic carbocycles. The van der Waals surface area contributed by atoms with Gasteiger partial charge in [0.15, 0.2) is 0 Å². The van der Waals surface area contributed by atoms with E-state index < -0.39 is 0 Å². The van der Waals surface area contributed by atoms with E-state index in [0.717, 1.165) is 38.5 Å². The van der Waals surface area contributed by atoms with Crippen LogP contribution in [0.25, 0.3) is 0 Å². The molecular weight excluding hydrogens is 272 g/mol. The van der Waals surface area contributed by atoms with Gasteiger partial charge in [-0.05, 0) is 50.0 Å². The van der Waals surface area contributed by atoms with Crippen LogP contribution in [0.2, 0.25) is 0 Å². The van der Waals surface area contributed by atoms with Gasteiger partial charge in [-0.3, -0.25) is 4.79 Å². The molecule has 3 N–H and O–H groups in total. The van der Waals surface area contributed by atoms with Gasteiger partial charge in [0.05, 0.1) is 5.54 Å². The van der Waals surface area contributed by atoms with Crippen molar-refractivity contribution in [2.45, 2.75) is 63.8 Å². The third-order valence-electron chi connectivity index (χ3n) is 5.50. The highest BCUT2D eigenvalue weighted by atomic mass is 16.2. The summed E-state index contributed by atoms with van der Waals surface area (Å²) in [5, 5.41) is 3.24. The Bertz CT molecular complexity index is 451. The van der Waals surface area contributed by atoms with Gasteiger partial charge >= 0.3 is 0 Å². The fourth-order valence-electron chi connectivity index (χ4n) is 3.54. The van der Waals surface area contributed by atoms with E-state index in [1.807, 2.05) is 0 Å². The molecule has 1 aromatic rings. The normalized spacial score (nSPS) is 22.3. The molecule has 3 nitrogen and oxygen atoms in total. The van der Waals surface area contributed by atoms with Gasteiger partial charge in [0.2, 0.25) is 5.91 Å². The van der Waals surface area contributed by atoms with Crippen LogP contribution in [0, 0.1) is 5.92 Å². The van der Waals surface area contributed by atoms with E-state index in [9.17, 15) is 4.79 Å². The summed E-state index contributed by atoms with van der Waals surface area (Å²) in [6.45, 7) is 4.72. The van der Waals surface area contributed by atoms with Crippen LogP contribution in [0.15, 0.2) is 30.3 Å². The third kappa shape index (κ3) is 3.89. The largest absolute Gasteiger partial charge is 0.349 e. The zero-order valence-electron chi connectivity index (χ0n) is 14.0. The van der Waals surface area contributed by atoms with Crippen molar-refractivity contribution in [1.29, 1.82) is 0 Å². The standard InChI is InChI=1S/C19H30N2O/c1-3-19(4-2,14-20)21-18(22)17-12-10-16(11-13-17)15-8-6-5-7-9-15/h5-9,16-17H,3-4,10-14,20H2,1-2H3,(H,21,22). The summed E-state index contributed by atoms with van der Waals surface area (Å²) in [7, 11) is 0. The smallest absolute Gasteiger partial charge is 0.223 e. The number of hydrogen-bond acceptors (Lipinski definition) is 2. The van der Waals surface area contributed by atoms with Crippen LogP contribution in [-0.2, 0) is 4.79 Å². The number of nitrogens with one attached hydrogen (secondary N) is 1. The zero-order chi connectivity index (χ0) is 16.0. The summed E-state index contributed by atoms with van der Waals surface area (Å²) < 4.78 is 0. The zero-order valence-corrected chi connectivity index (χ0v) is 14.0. The van der Waals surface area contributed by atoms with Gasteiger partial charge in [-0.25, -0.2) is 0 Å². The fourth-order valence-corrected chi connectivity index (χ4v) is 3.54. The van der Waals surface area contributed by atoms with Crippen LogP contribution in [0.4, 0.5) is 0 Å². The van der Waals surface area contributed by atoms with Crippen molar-refractivity contribution in [3.8, 4) is 0 Å². The maximum atomic E-state index is 12.6. The van der Waals surface area contributed by atoms with E-state index >= 15 is 0 Å². The van der Waals surface area contributed by atoms with E-state index in [-0.39, 0.29) is 17.4 Å². The van der Waals surface area contributed by atoms with E-state index in [1.165, 1.54) is 5.56 Å². The quantitative estimate of drug-likeness (QED) is 0.843. The molecule has 122 valence electrons. The molecule has 1 aliphatic rings. The molecule has 0 unspecified atom stereocenters. The lowest BCUT2D eigenvalue weighted by Gasteiger charge is -2.35. The highest BCUT2D eigenvalue weighted by Crippen LogP contribution is 2.36. The molecule has 3 heteroatoms. The minimum absolute atomic E-state index is 0.156. The molecule has 0 saturated heterocycles. The second kappa shape index (κ2) is 7.77. The van der Waals surface area contributed by atoms with Crippen LogP contribution in [0.1, 0.15) is 63.9 Å². The lowest BCUT2D eigenvalue weighted by atomic mass is 9.78. The number of amides is 1. The Labute approximate surface area is 134 Å². The molecule has 0 atom stereocenters. The summed E-state index contributed by atoms with van der Waals surface area (Å²) in [5.74, 6) is 0.978. The molecule has 0 bridgehead atoms. The Morgan fingerprint density at radius 2 is 1.73 bits per heavy atom. The SMILES string of the molecule is CCC(CC)(CN)NC(=O)C1CCC(c2ccccc2)CC1. The maximum Gasteiger partial charge on any atom is 0.223 e. The van der Waals surface area contributed by atoms with Crippen molar-refractivity contribution in [2.75, 3.05) is 6.54 Å². The van der Waals surface area contributed by atoms with Crippen LogP contribution in [0.3, 0.4) is 0 Å². The lowest BCUT2D eigenvalue weighted by molar-refractivity contribution is -0.128. The van der Waals surface area contributed by atoms with Crippen molar-refractivity contribution in [3.63, 3.8) is 0 Å². The van der Waals surface area contributed by atoms with Gasteiger partial charge in [-0.1, -0.05) is 44.2 Å². The van der Waals surface area contributed by atoms with Crippen molar-refractivity contribution >= 4 is 5.91 Å². The van der Waals surface area contributed by atoms with Gasteiger partial charge in [0, 0.05) is 12.5 Å². The second-order valence-corrected chi connectivity index (χ2v) is 6.64. The van der Waals surface area contributed by atoms with E-state index in [1.54, 1.807) is 0 Å². The number of nitrogens with two attached hydrogens (primary N) is 1. The molecule has 0 aliphatic heterocycles. The van der Waals surface area contributed by atoms with E-state index in [0.29, 0.717) is 12.5 Å². The first-order valence-corrected chi connectivity index (χ1v) is 8.71. The second-order valence-electron chi connectivity index (χ2n) is 6.64. The first kappa shape index (κ1) is 17.0. The highest BCUT2D eigenvalue weighted by molar-refractivity contribution is 5.79. The number of rotatable bonds is 6. The summed E-state index contributed by atoms with van der Waals surface area (Å²) in [5.41, 5.74) is 7.09. The first-order chi connectivity index (χ1) is 10.6. The molecule has 1 fully saturated rings. The van der Waals surface area contributed by atoms with Gasteiger partial charge < -0.3 is 11.1 Å². The Morgan fingerprint density at radius 1 is 1.14 bits per heavy atom. The summed E-state index contributed by atoms with van der Waals surface area (Å²) in [6, 6.07) is 10.7. The molecule has 22 heavy (non-hydrogen) atoms. The Morgan fingerprint density at radius 3 is 2.23 bits per heavy atom. The van der Waals surface area contributed by atoms with E-state index in [4.69, 9.17) is 5.73 Å². The topological polar surface area (TPSA) is 55.1 Å². The van der Waals surface area contributed by atoms with Gasteiger partial charge in [-0.15, -0.1) is 0 Å². The molecule has 0 spiro atoms. The number of hydrogen-bond donors (Lipinski definition) is 2. The average molecular weight is 302 g/mol.